The number of hydrogen-bond donors (Lipinski definition) is 1. The molecule has 62 valence electrons. The summed E-state index contributed by atoms with van der Waals surface area (Å²) in [6.07, 6.45) is 0. The lowest BCUT2D eigenvalue weighted by atomic mass is 10.7. The van der Waals surface area contributed by atoms with E-state index in [2.05, 4.69) is 21.0 Å². The van der Waals surface area contributed by atoms with Crippen LogP contribution in [0.1, 0.15) is 6.92 Å². The Labute approximate surface area is 75.0 Å². The van der Waals surface area contributed by atoms with Crippen molar-refractivity contribution >= 4 is 27.0 Å². The molecule has 0 bridgehead atoms. The van der Waals surface area contributed by atoms with Crippen LogP contribution in [0.25, 0.3) is 0 Å². The first-order valence-corrected chi connectivity index (χ1v) is 4.89. The van der Waals surface area contributed by atoms with E-state index in [1.54, 1.807) is 0 Å². The highest BCUT2D eigenvalue weighted by atomic mass is 79.9. The van der Waals surface area contributed by atoms with Gasteiger partial charge >= 0.3 is 0 Å². The minimum absolute atomic E-state index is 0.319. The summed E-state index contributed by atoms with van der Waals surface area (Å²) in [7, 11) is 0. The van der Waals surface area contributed by atoms with Crippen molar-refractivity contribution in [1.82, 2.24) is 9.78 Å². The molecule has 0 saturated carbocycles. The molecule has 0 spiro atoms. The molecule has 1 atom stereocenters. The molecule has 11 heavy (non-hydrogen) atoms. The Kier molecular flexibility index (Phi) is 2.80. The van der Waals surface area contributed by atoms with E-state index in [0.29, 0.717) is 16.2 Å². The van der Waals surface area contributed by atoms with Gasteiger partial charge in [0.05, 0.1) is 0 Å². The zero-order valence-corrected chi connectivity index (χ0v) is 8.22. The van der Waals surface area contributed by atoms with Gasteiger partial charge in [0.25, 0.3) is 0 Å². The second-order valence-electron chi connectivity index (χ2n) is 1.87. The fourth-order valence-electron chi connectivity index (χ4n) is 0.737. The zero-order valence-electron chi connectivity index (χ0n) is 5.82. The fourth-order valence-corrected chi connectivity index (χ4v) is 1.86. The second kappa shape index (κ2) is 3.46. The first-order valence-electron chi connectivity index (χ1n) is 2.99. The number of halogens is 1. The molecule has 6 heteroatoms. The standard InChI is InChI=1S/C5H7BrN2O2S/c1-2-8-5(11(9)10)3-4(6)7-8/h3H,2H2,1H3,(H,9,10). The van der Waals surface area contributed by atoms with Crippen LogP contribution in [-0.2, 0) is 17.6 Å². The molecular weight excluding hydrogens is 232 g/mol. The van der Waals surface area contributed by atoms with Gasteiger partial charge in [-0.3, -0.25) is 4.68 Å². The largest absolute Gasteiger partial charge is 0.301 e. The summed E-state index contributed by atoms with van der Waals surface area (Å²) in [5.41, 5.74) is 0. The average Bonchev–Trinajstić information content (AvgIpc) is 2.30. The van der Waals surface area contributed by atoms with Gasteiger partial charge < -0.3 is 4.55 Å². The minimum Gasteiger partial charge on any atom is -0.301 e. The number of aryl methyl sites for hydroxylation is 1. The van der Waals surface area contributed by atoms with Gasteiger partial charge in [-0.25, -0.2) is 4.21 Å². The molecule has 0 amide bonds. The molecule has 4 nitrogen and oxygen atoms in total. The van der Waals surface area contributed by atoms with Gasteiger partial charge in [-0.1, -0.05) is 0 Å². The Balaban J connectivity index is 3.12. The van der Waals surface area contributed by atoms with Gasteiger partial charge in [0, 0.05) is 12.6 Å². The summed E-state index contributed by atoms with van der Waals surface area (Å²) in [4.78, 5) is 0. The van der Waals surface area contributed by atoms with E-state index in [1.165, 1.54) is 10.7 Å². The topological polar surface area (TPSA) is 55.1 Å². The number of nitrogens with zero attached hydrogens (tertiary/aromatic N) is 2. The van der Waals surface area contributed by atoms with E-state index in [0.717, 1.165) is 0 Å². The summed E-state index contributed by atoms with van der Waals surface area (Å²) >= 11 is 1.17. The van der Waals surface area contributed by atoms with Crippen LogP contribution in [0.3, 0.4) is 0 Å². The van der Waals surface area contributed by atoms with Crippen LogP contribution in [0.15, 0.2) is 15.7 Å². The number of hydrogen-bond acceptors (Lipinski definition) is 2. The first-order chi connectivity index (χ1) is 5.15. The van der Waals surface area contributed by atoms with Crippen LogP contribution in [0.5, 0.6) is 0 Å². The molecule has 1 heterocycles. The van der Waals surface area contributed by atoms with Gasteiger partial charge in [-0.05, 0) is 22.9 Å². The molecule has 1 rings (SSSR count). The lowest BCUT2D eigenvalue weighted by Gasteiger charge is -1.97. The minimum atomic E-state index is -1.95. The van der Waals surface area contributed by atoms with Gasteiger partial charge in [0.15, 0.2) is 5.03 Å². The summed E-state index contributed by atoms with van der Waals surface area (Å²) in [5, 5.41) is 4.25. The highest BCUT2D eigenvalue weighted by Gasteiger charge is 2.08. The molecule has 0 fully saturated rings. The maximum absolute atomic E-state index is 10.6. The van der Waals surface area contributed by atoms with Gasteiger partial charge in [0.2, 0.25) is 11.1 Å². The van der Waals surface area contributed by atoms with Crippen LogP contribution in [-0.4, -0.2) is 18.5 Å². The highest BCUT2D eigenvalue weighted by molar-refractivity contribution is 9.10. The monoisotopic (exact) mass is 238 g/mol. The van der Waals surface area contributed by atoms with Crippen LogP contribution in [0, 0.1) is 0 Å². The maximum atomic E-state index is 10.6. The molecule has 1 unspecified atom stereocenters. The van der Waals surface area contributed by atoms with E-state index in [9.17, 15) is 4.21 Å². The predicted molar refractivity (Wildman–Crippen MR) is 44.6 cm³/mol. The summed E-state index contributed by atoms with van der Waals surface area (Å²) in [6, 6.07) is 1.53. The fraction of sp³-hybridized carbons (Fsp3) is 0.400. The molecule has 0 aliphatic rings. The second-order valence-corrected chi connectivity index (χ2v) is 3.60. The Bertz CT molecular complexity index is 286. The summed E-state index contributed by atoms with van der Waals surface area (Å²) in [6.45, 7) is 2.45. The zero-order chi connectivity index (χ0) is 8.43. The molecule has 1 aromatic rings. The first kappa shape index (κ1) is 8.89. The molecule has 0 radical (unpaired) electrons. The average molecular weight is 239 g/mol. The van der Waals surface area contributed by atoms with Crippen LogP contribution < -0.4 is 0 Å². The van der Waals surface area contributed by atoms with Crippen molar-refractivity contribution < 1.29 is 8.76 Å². The van der Waals surface area contributed by atoms with Crippen LogP contribution in [0.4, 0.5) is 0 Å². The van der Waals surface area contributed by atoms with Crippen molar-refractivity contribution in [1.29, 1.82) is 0 Å². The Morgan fingerprint density at radius 1 is 1.91 bits per heavy atom. The quantitative estimate of drug-likeness (QED) is 0.790. The van der Waals surface area contributed by atoms with Gasteiger partial charge in [0.1, 0.15) is 4.60 Å². The molecule has 1 N–H and O–H groups in total. The normalized spacial score (nSPS) is 13.4. The van der Waals surface area contributed by atoms with Crippen molar-refractivity contribution in [3.63, 3.8) is 0 Å². The lowest BCUT2D eigenvalue weighted by molar-refractivity contribution is 0.531. The lowest BCUT2D eigenvalue weighted by Crippen LogP contribution is -2.03. The summed E-state index contributed by atoms with van der Waals surface area (Å²) in [5.74, 6) is 0. The Morgan fingerprint density at radius 2 is 2.55 bits per heavy atom. The SMILES string of the molecule is CCn1nc(Br)cc1S(=O)O. The van der Waals surface area contributed by atoms with Gasteiger partial charge in [-0.15, -0.1) is 0 Å². The summed E-state index contributed by atoms with van der Waals surface area (Å²) < 4.78 is 21.4. The third kappa shape index (κ3) is 1.88. The van der Waals surface area contributed by atoms with Crippen molar-refractivity contribution in [2.75, 3.05) is 0 Å². The molecule has 0 aromatic carbocycles. The molecule has 0 aliphatic carbocycles. The molecule has 1 aromatic heterocycles. The van der Waals surface area contributed by atoms with E-state index in [1.807, 2.05) is 6.92 Å². The van der Waals surface area contributed by atoms with Crippen molar-refractivity contribution in [3.8, 4) is 0 Å². The molecular formula is C5H7BrN2O2S. The van der Waals surface area contributed by atoms with Crippen LogP contribution >= 0.6 is 15.9 Å². The third-order valence-corrected chi connectivity index (χ3v) is 2.27. The number of rotatable bonds is 2. The third-order valence-electron chi connectivity index (χ3n) is 1.19. The Hall–Kier alpha value is -0.200. The Morgan fingerprint density at radius 3 is 2.91 bits per heavy atom. The van der Waals surface area contributed by atoms with E-state index in [4.69, 9.17) is 4.55 Å². The van der Waals surface area contributed by atoms with Crippen molar-refractivity contribution in [2.45, 2.75) is 18.5 Å². The van der Waals surface area contributed by atoms with Gasteiger partial charge in [-0.2, -0.15) is 5.10 Å². The highest BCUT2D eigenvalue weighted by Crippen LogP contribution is 2.12. The van der Waals surface area contributed by atoms with Crippen LogP contribution in [0.2, 0.25) is 0 Å². The maximum Gasteiger partial charge on any atom is 0.205 e. The predicted octanol–water partition coefficient (Wildman–Crippen LogP) is 1.25. The van der Waals surface area contributed by atoms with E-state index < -0.39 is 11.1 Å². The molecule has 0 saturated heterocycles. The van der Waals surface area contributed by atoms with E-state index >= 15 is 0 Å². The van der Waals surface area contributed by atoms with Crippen molar-refractivity contribution in [3.05, 3.63) is 10.7 Å². The smallest absolute Gasteiger partial charge is 0.205 e. The number of aromatic nitrogens is 2. The van der Waals surface area contributed by atoms with Crippen molar-refractivity contribution in [2.24, 2.45) is 0 Å². The molecule has 0 aliphatic heterocycles. The van der Waals surface area contributed by atoms with E-state index in [-0.39, 0.29) is 0 Å².